The van der Waals surface area contributed by atoms with Crippen molar-refractivity contribution in [2.75, 3.05) is 67.6 Å². The van der Waals surface area contributed by atoms with Crippen LogP contribution >= 0.6 is 0 Å². The van der Waals surface area contributed by atoms with Crippen LogP contribution in [0.5, 0.6) is 0 Å². The number of urea groups is 1. The molecule has 8 heteroatoms. The molecule has 0 aliphatic carbocycles. The number of nitrogens with one attached hydrogen (secondary N) is 1. The highest BCUT2D eigenvalue weighted by molar-refractivity contribution is 5.89. The second-order valence-corrected chi connectivity index (χ2v) is 6.62. The Labute approximate surface area is 158 Å². The molecule has 8 nitrogen and oxygen atoms in total. The van der Waals surface area contributed by atoms with E-state index in [2.05, 4.69) is 25.3 Å². The lowest BCUT2D eigenvalue weighted by Crippen LogP contribution is -2.50. The average molecular weight is 368 g/mol. The van der Waals surface area contributed by atoms with Gasteiger partial charge in [0.25, 0.3) is 0 Å². The second kappa shape index (κ2) is 8.22. The van der Waals surface area contributed by atoms with Gasteiger partial charge in [-0.3, -0.25) is 0 Å². The van der Waals surface area contributed by atoms with Crippen LogP contribution in [0, 0.1) is 0 Å². The Bertz CT molecular complexity index is 741. The van der Waals surface area contributed by atoms with E-state index in [-0.39, 0.29) is 6.03 Å². The third kappa shape index (κ3) is 4.28. The number of carbonyl (C=O) groups is 1. The fourth-order valence-corrected chi connectivity index (χ4v) is 3.31. The van der Waals surface area contributed by atoms with Crippen LogP contribution in [0.3, 0.4) is 0 Å². The number of ether oxygens (including phenoxy) is 1. The third-order valence-electron chi connectivity index (χ3n) is 4.89. The Balaban J connectivity index is 1.30. The average Bonchev–Trinajstić information content (AvgIpc) is 2.75. The van der Waals surface area contributed by atoms with E-state index in [1.54, 1.807) is 0 Å². The van der Waals surface area contributed by atoms with Gasteiger partial charge in [0.05, 0.1) is 13.2 Å². The van der Waals surface area contributed by atoms with Crippen molar-refractivity contribution in [1.29, 1.82) is 0 Å². The summed E-state index contributed by atoms with van der Waals surface area (Å²) >= 11 is 0. The summed E-state index contributed by atoms with van der Waals surface area (Å²) < 4.78 is 5.37. The minimum Gasteiger partial charge on any atom is -0.378 e. The lowest BCUT2D eigenvalue weighted by atomic mass is 10.3. The Hall–Kier alpha value is -2.87. The fourth-order valence-electron chi connectivity index (χ4n) is 3.31. The van der Waals surface area contributed by atoms with Gasteiger partial charge in [0.15, 0.2) is 11.6 Å². The fraction of sp³-hybridized carbons (Fsp3) is 0.421. The molecular formula is C19H24N6O2. The first-order chi connectivity index (χ1) is 13.3. The molecule has 27 heavy (non-hydrogen) atoms. The van der Waals surface area contributed by atoms with Crippen LogP contribution in [0.2, 0.25) is 0 Å². The molecule has 4 rings (SSSR count). The van der Waals surface area contributed by atoms with Crippen molar-refractivity contribution in [3.8, 4) is 0 Å². The molecular weight excluding hydrogens is 344 g/mol. The van der Waals surface area contributed by atoms with Gasteiger partial charge in [-0.25, -0.2) is 4.79 Å². The van der Waals surface area contributed by atoms with Gasteiger partial charge in [-0.05, 0) is 24.3 Å². The van der Waals surface area contributed by atoms with E-state index in [0.29, 0.717) is 13.1 Å². The first-order valence-corrected chi connectivity index (χ1v) is 9.32. The maximum Gasteiger partial charge on any atom is 0.321 e. The van der Waals surface area contributed by atoms with E-state index in [9.17, 15) is 4.79 Å². The molecule has 2 fully saturated rings. The lowest BCUT2D eigenvalue weighted by Gasteiger charge is -2.35. The smallest absolute Gasteiger partial charge is 0.321 e. The molecule has 2 aromatic rings. The topological polar surface area (TPSA) is 73.8 Å². The zero-order valence-corrected chi connectivity index (χ0v) is 15.3. The zero-order valence-electron chi connectivity index (χ0n) is 15.3. The van der Waals surface area contributed by atoms with E-state index in [4.69, 9.17) is 4.74 Å². The maximum absolute atomic E-state index is 12.4. The Morgan fingerprint density at radius 1 is 0.815 bits per heavy atom. The van der Waals surface area contributed by atoms with Crippen molar-refractivity contribution in [3.05, 3.63) is 42.5 Å². The van der Waals surface area contributed by atoms with Gasteiger partial charge in [0, 0.05) is 45.0 Å². The maximum atomic E-state index is 12.4. The minimum absolute atomic E-state index is 0.0606. The number of benzene rings is 1. The van der Waals surface area contributed by atoms with Crippen molar-refractivity contribution in [1.82, 2.24) is 15.1 Å². The molecule has 0 bridgehead atoms. The van der Waals surface area contributed by atoms with Crippen LogP contribution in [0.15, 0.2) is 42.5 Å². The number of piperazine rings is 1. The number of para-hydroxylation sites is 1. The summed E-state index contributed by atoms with van der Waals surface area (Å²) in [5, 5.41) is 11.7. The predicted molar refractivity (Wildman–Crippen MR) is 104 cm³/mol. The van der Waals surface area contributed by atoms with Crippen molar-refractivity contribution >= 4 is 23.4 Å². The molecule has 1 N–H and O–H groups in total. The summed E-state index contributed by atoms with van der Waals surface area (Å²) in [5.74, 6) is 1.75. The standard InChI is InChI=1S/C19H24N6O2/c26-19(20-16-4-2-1-3-5-16)25-10-8-23(9-11-25)17-6-7-18(22-21-17)24-12-14-27-15-13-24/h1-7H,8-15H2,(H,20,26). The number of amides is 2. The van der Waals surface area contributed by atoms with Crippen LogP contribution < -0.4 is 15.1 Å². The monoisotopic (exact) mass is 368 g/mol. The van der Waals surface area contributed by atoms with Crippen molar-refractivity contribution < 1.29 is 9.53 Å². The normalized spacial score (nSPS) is 17.7. The third-order valence-corrected chi connectivity index (χ3v) is 4.89. The Morgan fingerprint density at radius 2 is 1.41 bits per heavy atom. The van der Waals surface area contributed by atoms with Crippen LogP contribution in [0.1, 0.15) is 0 Å². The Morgan fingerprint density at radius 3 is 2.00 bits per heavy atom. The van der Waals surface area contributed by atoms with E-state index in [1.807, 2.05) is 47.4 Å². The SMILES string of the molecule is O=C(Nc1ccccc1)N1CCN(c2ccc(N3CCOCC3)nn2)CC1. The van der Waals surface area contributed by atoms with Crippen LogP contribution in [0.25, 0.3) is 0 Å². The second-order valence-electron chi connectivity index (χ2n) is 6.62. The summed E-state index contributed by atoms with van der Waals surface area (Å²) in [6.45, 7) is 5.97. The number of hydrogen-bond donors (Lipinski definition) is 1. The van der Waals surface area contributed by atoms with Gasteiger partial charge < -0.3 is 24.8 Å². The van der Waals surface area contributed by atoms with Gasteiger partial charge in [-0.1, -0.05) is 18.2 Å². The molecule has 0 atom stereocenters. The summed E-state index contributed by atoms with van der Waals surface area (Å²) in [6.07, 6.45) is 0. The van der Waals surface area contributed by atoms with Gasteiger partial charge in [-0.15, -0.1) is 10.2 Å². The zero-order chi connectivity index (χ0) is 18.5. The molecule has 1 aromatic carbocycles. The number of morpholine rings is 1. The molecule has 0 saturated carbocycles. The largest absolute Gasteiger partial charge is 0.378 e. The van der Waals surface area contributed by atoms with Crippen molar-refractivity contribution in [2.45, 2.75) is 0 Å². The van der Waals surface area contributed by atoms with Crippen LogP contribution in [-0.4, -0.2) is 73.6 Å². The summed E-state index contributed by atoms with van der Waals surface area (Å²) in [6, 6.07) is 13.5. The number of hydrogen-bond acceptors (Lipinski definition) is 6. The predicted octanol–water partition coefficient (Wildman–Crippen LogP) is 1.67. The van der Waals surface area contributed by atoms with E-state index < -0.39 is 0 Å². The molecule has 1 aromatic heterocycles. The van der Waals surface area contributed by atoms with E-state index >= 15 is 0 Å². The molecule has 2 amide bonds. The van der Waals surface area contributed by atoms with Crippen LogP contribution in [-0.2, 0) is 4.74 Å². The summed E-state index contributed by atoms with van der Waals surface area (Å²) in [5.41, 5.74) is 0.814. The van der Waals surface area contributed by atoms with Crippen molar-refractivity contribution in [3.63, 3.8) is 0 Å². The number of nitrogens with zero attached hydrogens (tertiary/aromatic N) is 5. The van der Waals surface area contributed by atoms with Gasteiger partial charge in [-0.2, -0.15) is 0 Å². The van der Waals surface area contributed by atoms with Gasteiger partial charge in [0.1, 0.15) is 0 Å². The number of aromatic nitrogens is 2. The molecule has 2 saturated heterocycles. The highest BCUT2D eigenvalue weighted by Crippen LogP contribution is 2.18. The number of anilines is 3. The highest BCUT2D eigenvalue weighted by atomic mass is 16.5. The van der Waals surface area contributed by atoms with Gasteiger partial charge in [0.2, 0.25) is 0 Å². The van der Waals surface area contributed by atoms with E-state index in [0.717, 1.165) is 56.7 Å². The van der Waals surface area contributed by atoms with Crippen LogP contribution in [0.4, 0.5) is 22.1 Å². The highest BCUT2D eigenvalue weighted by Gasteiger charge is 2.22. The molecule has 0 spiro atoms. The number of carbonyl (C=O) groups excluding carboxylic acids is 1. The quantitative estimate of drug-likeness (QED) is 0.888. The first kappa shape index (κ1) is 17.5. The first-order valence-electron chi connectivity index (χ1n) is 9.32. The molecule has 2 aliphatic heterocycles. The van der Waals surface area contributed by atoms with Crippen molar-refractivity contribution in [2.24, 2.45) is 0 Å². The molecule has 2 aliphatic rings. The summed E-state index contributed by atoms with van der Waals surface area (Å²) in [7, 11) is 0. The van der Waals surface area contributed by atoms with E-state index in [1.165, 1.54) is 0 Å². The number of rotatable bonds is 3. The molecule has 0 radical (unpaired) electrons. The lowest BCUT2D eigenvalue weighted by molar-refractivity contribution is 0.122. The minimum atomic E-state index is -0.0606. The molecule has 142 valence electrons. The molecule has 0 unspecified atom stereocenters. The Kier molecular flexibility index (Phi) is 5.34. The molecule has 3 heterocycles. The summed E-state index contributed by atoms with van der Waals surface area (Å²) in [4.78, 5) is 18.6. The van der Waals surface area contributed by atoms with Gasteiger partial charge >= 0.3 is 6.03 Å².